The molecule has 1 aromatic carbocycles. The third-order valence-corrected chi connectivity index (χ3v) is 2.81. The molecule has 0 aliphatic carbocycles. The van der Waals surface area contributed by atoms with E-state index in [1.165, 1.54) is 18.2 Å². The maximum absolute atomic E-state index is 13.1. The topological polar surface area (TPSA) is 49.8 Å². The lowest BCUT2D eigenvalue weighted by atomic mass is 10.0. The van der Waals surface area contributed by atoms with E-state index < -0.39 is 17.8 Å². The van der Waals surface area contributed by atoms with Crippen molar-refractivity contribution < 1.29 is 19.0 Å². The molecule has 1 aliphatic heterocycles. The van der Waals surface area contributed by atoms with Crippen LogP contribution in [0.5, 0.6) is 0 Å². The largest absolute Gasteiger partial charge is 0.480 e. The molecular formula is C12H14FNO3. The number of rotatable bonds is 3. The van der Waals surface area contributed by atoms with Crippen molar-refractivity contribution >= 4 is 5.97 Å². The highest BCUT2D eigenvalue weighted by Crippen LogP contribution is 2.22. The summed E-state index contributed by atoms with van der Waals surface area (Å²) in [4.78, 5) is 13.1. The fourth-order valence-corrected chi connectivity index (χ4v) is 2.02. The van der Waals surface area contributed by atoms with Crippen LogP contribution in [0, 0.1) is 5.82 Å². The predicted molar refractivity (Wildman–Crippen MR) is 59.2 cm³/mol. The van der Waals surface area contributed by atoms with Crippen LogP contribution in [0.15, 0.2) is 24.3 Å². The molecule has 0 amide bonds. The summed E-state index contributed by atoms with van der Waals surface area (Å²) in [7, 11) is 0. The minimum Gasteiger partial charge on any atom is -0.480 e. The Kier molecular flexibility index (Phi) is 3.71. The molecule has 1 heterocycles. The summed E-state index contributed by atoms with van der Waals surface area (Å²) < 4.78 is 18.3. The van der Waals surface area contributed by atoms with E-state index in [0.717, 1.165) is 0 Å². The van der Waals surface area contributed by atoms with Crippen molar-refractivity contribution in [2.45, 2.75) is 6.04 Å². The maximum atomic E-state index is 13.1. The van der Waals surface area contributed by atoms with Gasteiger partial charge in [-0.05, 0) is 17.7 Å². The lowest BCUT2D eigenvalue weighted by Crippen LogP contribution is -2.42. The van der Waals surface area contributed by atoms with Gasteiger partial charge < -0.3 is 9.84 Å². The molecule has 2 rings (SSSR count). The molecule has 0 spiro atoms. The Hall–Kier alpha value is -1.46. The number of hydrogen-bond acceptors (Lipinski definition) is 3. The number of benzene rings is 1. The monoisotopic (exact) mass is 239 g/mol. The fraction of sp³-hybridized carbons (Fsp3) is 0.417. The Bertz CT molecular complexity index is 404. The van der Waals surface area contributed by atoms with Gasteiger partial charge in [-0.15, -0.1) is 0 Å². The van der Waals surface area contributed by atoms with Crippen LogP contribution in [0.4, 0.5) is 4.39 Å². The van der Waals surface area contributed by atoms with Crippen molar-refractivity contribution in [3.63, 3.8) is 0 Å². The minimum atomic E-state index is -0.961. The summed E-state index contributed by atoms with van der Waals surface area (Å²) in [6, 6.07) is 4.95. The number of ether oxygens (including phenoxy) is 1. The normalized spacial score (nSPS) is 18.9. The fourth-order valence-electron chi connectivity index (χ4n) is 2.02. The van der Waals surface area contributed by atoms with Crippen LogP contribution in [0.2, 0.25) is 0 Å². The summed E-state index contributed by atoms with van der Waals surface area (Å²) in [5.41, 5.74) is 0.472. The summed E-state index contributed by atoms with van der Waals surface area (Å²) in [6.07, 6.45) is 0. The molecule has 0 radical (unpaired) electrons. The first kappa shape index (κ1) is 12.0. The average molecular weight is 239 g/mol. The van der Waals surface area contributed by atoms with Gasteiger partial charge in [0.15, 0.2) is 0 Å². The van der Waals surface area contributed by atoms with Crippen LogP contribution in [0.1, 0.15) is 11.6 Å². The van der Waals surface area contributed by atoms with Gasteiger partial charge in [-0.1, -0.05) is 12.1 Å². The summed E-state index contributed by atoms with van der Waals surface area (Å²) in [6.45, 7) is 2.12. The number of aliphatic carboxylic acids is 1. The van der Waals surface area contributed by atoms with Crippen molar-refractivity contribution in [1.29, 1.82) is 0 Å². The van der Waals surface area contributed by atoms with Gasteiger partial charge in [0, 0.05) is 13.1 Å². The molecule has 1 N–H and O–H groups in total. The molecular weight excluding hydrogens is 225 g/mol. The van der Waals surface area contributed by atoms with Crippen molar-refractivity contribution in [1.82, 2.24) is 4.90 Å². The Morgan fingerprint density at radius 2 is 2.12 bits per heavy atom. The molecule has 0 aromatic heterocycles. The second kappa shape index (κ2) is 5.25. The van der Waals surface area contributed by atoms with Crippen molar-refractivity contribution in [3.8, 4) is 0 Å². The van der Waals surface area contributed by atoms with E-state index in [2.05, 4.69) is 0 Å². The van der Waals surface area contributed by atoms with Gasteiger partial charge in [-0.2, -0.15) is 0 Å². The highest BCUT2D eigenvalue weighted by Gasteiger charge is 2.28. The van der Waals surface area contributed by atoms with Crippen LogP contribution in [0.3, 0.4) is 0 Å². The zero-order valence-corrected chi connectivity index (χ0v) is 9.30. The molecule has 5 heteroatoms. The maximum Gasteiger partial charge on any atom is 0.325 e. The first-order valence-electron chi connectivity index (χ1n) is 5.48. The van der Waals surface area contributed by atoms with E-state index in [1.54, 1.807) is 11.0 Å². The number of hydrogen-bond donors (Lipinski definition) is 1. The summed E-state index contributed by atoms with van der Waals surface area (Å²) >= 11 is 0. The molecule has 1 aliphatic rings. The highest BCUT2D eigenvalue weighted by atomic mass is 19.1. The number of carbonyl (C=O) groups is 1. The molecule has 17 heavy (non-hydrogen) atoms. The first-order chi connectivity index (χ1) is 8.18. The quantitative estimate of drug-likeness (QED) is 0.863. The Morgan fingerprint density at radius 1 is 1.41 bits per heavy atom. The molecule has 0 bridgehead atoms. The van der Waals surface area contributed by atoms with E-state index >= 15 is 0 Å². The number of carboxylic acids is 1. The minimum absolute atomic E-state index is 0.415. The lowest BCUT2D eigenvalue weighted by molar-refractivity contribution is -0.145. The van der Waals surface area contributed by atoms with Gasteiger partial charge in [0.25, 0.3) is 0 Å². The van der Waals surface area contributed by atoms with Gasteiger partial charge in [0.1, 0.15) is 11.9 Å². The lowest BCUT2D eigenvalue weighted by Gasteiger charge is -2.32. The van der Waals surface area contributed by atoms with Gasteiger partial charge in [-0.3, -0.25) is 9.69 Å². The van der Waals surface area contributed by atoms with Crippen LogP contribution in [-0.2, 0) is 9.53 Å². The number of halogens is 1. The summed E-state index contributed by atoms with van der Waals surface area (Å²) in [5.74, 6) is -1.38. The second-order valence-corrected chi connectivity index (χ2v) is 3.94. The molecule has 1 saturated heterocycles. The zero-order chi connectivity index (χ0) is 12.3. The first-order valence-corrected chi connectivity index (χ1v) is 5.48. The van der Waals surface area contributed by atoms with E-state index in [-0.39, 0.29) is 0 Å². The van der Waals surface area contributed by atoms with Gasteiger partial charge in [-0.25, -0.2) is 4.39 Å². The van der Waals surface area contributed by atoms with Crippen LogP contribution in [-0.4, -0.2) is 42.3 Å². The number of carboxylic acid groups (broad SMARTS) is 1. The van der Waals surface area contributed by atoms with E-state index in [0.29, 0.717) is 31.9 Å². The molecule has 1 atom stereocenters. The molecule has 4 nitrogen and oxygen atoms in total. The standard InChI is InChI=1S/C12H14FNO3/c13-10-3-1-2-9(8-10)11(12(15)16)14-4-6-17-7-5-14/h1-3,8,11H,4-7H2,(H,15,16)/t11-/m0/s1. The Morgan fingerprint density at radius 3 is 2.71 bits per heavy atom. The smallest absolute Gasteiger partial charge is 0.325 e. The third-order valence-electron chi connectivity index (χ3n) is 2.81. The molecule has 1 aromatic rings. The number of nitrogens with zero attached hydrogens (tertiary/aromatic N) is 1. The van der Waals surface area contributed by atoms with Crippen LogP contribution < -0.4 is 0 Å². The van der Waals surface area contributed by atoms with Crippen molar-refractivity contribution in [2.75, 3.05) is 26.3 Å². The molecule has 0 saturated carbocycles. The van der Waals surface area contributed by atoms with Crippen molar-refractivity contribution in [2.24, 2.45) is 0 Å². The van der Waals surface area contributed by atoms with Crippen LogP contribution >= 0.6 is 0 Å². The van der Waals surface area contributed by atoms with E-state index in [1.807, 2.05) is 0 Å². The molecule has 1 fully saturated rings. The van der Waals surface area contributed by atoms with E-state index in [4.69, 9.17) is 4.74 Å². The Labute approximate surface area is 98.6 Å². The highest BCUT2D eigenvalue weighted by molar-refractivity contribution is 5.75. The van der Waals surface area contributed by atoms with Crippen LogP contribution in [0.25, 0.3) is 0 Å². The van der Waals surface area contributed by atoms with Crippen molar-refractivity contribution in [3.05, 3.63) is 35.6 Å². The number of morpholine rings is 1. The van der Waals surface area contributed by atoms with Gasteiger partial charge in [0.05, 0.1) is 13.2 Å². The third kappa shape index (κ3) is 2.81. The molecule has 92 valence electrons. The second-order valence-electron chi connectivity index (χ2n) is 3.94. The average Bonchev–Trinajstić information content (AvgIpc) is 2.30. The molecule has 0 unspecified atom stereocenters. The zero-order valence-electron chi connectivity index (χ0n) is 9.30. The van der Waals surface area contributed by atoms with Gasteiger partial charge in [0.2, 0.25) is 0 Å². The predicted octanol–water partition coefficient (Wildman–Crippen LogP) is 1.28. The summed E-state index contributed by atoms with van der Waals surface area (Å²) in [5, 5.41) is 9.26. The van der Waals surface area contributed by atoms with E-state index in [9.17, 15) is 14.3 Å². The Balaban J connectivity index is 2.25. The van der Waals surface area contributed by atoms with Gasteiger partial charge >= 0.3 is 5.97 Å². The SMILES string of the molecule is O=C(O)[C@H](c1cccc(F)c1)N1CCOCC1.